The third-order valence-electron chi connectivity index (χ3n) is 4.20. The van der Waals surface area contributed by atoms with Gasteiger partial charge in [-0.05, 0) is 25.0 Å². The summed E-state index contributed by atoms with van der Waals surface area (Å²) in [6.45, 7) is 0.294. The molecule has 1 fully saturated rings. The highest BCUT2D eigenvalue weighted by atomic mass is 32.2. The van der Waals surface area contributed by atoms with E-state index in [1.54, 1.807) is 6.07 Å². The van der Waals surface area contributed by atoms with Crippen LogP contribution in [-0.4, -0.2) is 49.3 Å². The molecule has 0 radical (unpaired) electrons. The van der Waals surface area contributed by atoms with Crippen LogP contribution >= 0.6 is 0 Å². The van der Waals surface area contributed by atoms with Gasteiger partial charge in [-0.1, -0.05) is 12.5 Å². The van der Waals surface area contributed by atoms with E-state index in [9.17, 15) is 22.8 Å². The molecule has 1 saturated heterocycles. The van der Waals surface area contributed by atoms with Crippen LogP contribution in [0.5, 0.6) is 0 Å². The first-order valence-electron chi connectivity index (χ1n) is 7.55. The minimum absolute atomic E-state index is 0.109. The molecular formula is C15H17N3O5S. The first-order valence-corrected chi connectivity index (χ1v) is 9.40. The summed E-state index contributed by atoms with van der Waals surface area (Å²) >= 11 is 0. The highest BCUT2D eigenvalue weighted by molar-refractivity contribution is 7.88. The Morgan fingerprint density at radius 1 is 1.25 bits per heavy atom. The van der Waals surface area contributed by atoms with E-state index in [0.717, 1.165) is 12.7 Å². The van der Waals surface area contributed by atoms with Gasteiger partial charge in [0.05, 0.1) is 23.1 Å². The molecule has 128 valence electrons. The lowest BCUT2D eigenvalue weighted by molar-refractivity contribution is -0.120. The Balaban J connectivity index is 1.88. The number of hydrogen-bond acceptors (Lipinski definition) is 5. The number of carbonyl (C=O) groups excluding carboxylic acids is 3. The fraction of sp³-hybridized carbons (Fsp3) is 0.400. The second kappa shape index (κ2) is 5.99. The molecule has 3 amide bonds. The number of hydrogen-bond donors (Lipinski definition) is 2. The van der Waals surface area contributed by atoms with Crippen molar-refractivity contribution < 1.29 is 22.8 Å². The van der Waals surface area contributed by atoms with Crippen molar-refractivity contribution in [1.82, 2.24) is 9.62 Å². The fourth-order valence-corrected chi connectivity index (χ4v) is 4.23. The minimum atomic E-state index is -3.50. The molecule has 2 aliphatic heterocycles. The summed E-state index contributed by atoms with van der Waals surface area (Å²) in [6.07, 6.45) is 2.94. The van der Waals surface area contributed by atoms with Crippen LogP contribution in [0.1, 0.15) is 40.0 Å². The van der Waals surface area contributed by atoms with Crippen molar-refractivity contribution in [2.24, 2.45) is 0 Å². The van der Waals surface area contributed by atoms with E-state index in [4.69, 9.17) is 0 Å². The van der Waals surface area contributed by atoms with Gasteiger partial charge in [0.1, 0.15) is 6.04 Å². The van der Waals surface area contributed by atoms with Gasteiger partial charge < -0.3 is 5.32 Å². The third kappa shape index (κ3) is 2.92. The molecular weight excluding hydrogens is 334 g/mol. The SMILES string of the molecule is CS(=O)(=O)N1CCCCC1C(=O)Nc1cccc2c1C(=O)NC2=O. The van der Waals surface area contributed by atoms with E-state index in [-0.39, 0.29) is 16.8 Å². The van der Waals surface area contributed by atoms with Gasteiger partial charge in [-0.15, -0.1) is 0 Å². The van der Waals surface area contributed by atoms with Crippen molar-refractivity contribution in [3.63, 3.8) is 0 Å². The fourth-order valence-electron chi connectivity index (χ4n) is 3.10. The summed E-state index contributed by atoms with van der Waals surface area (Å²) in [5.41, 5.74) is 0.513. The van der Waals surface area contributed by atoms with Gasteiger partial charge in [0.25, 0.3) is 11.8 Å². The number of fused-ring (bicyclic) bond motifs is 1. The van der Waals surface area contributed by atoms with Crippen molar-refractivity contribution in [3.05, 3.63) is 29.3 Å². The predicted molar refractivity (Wildman–Crippen MR) is 86.1 cm³/mol. The van der Waals surface area contributed by atoms with Crippen molar-refractivity contribution in [1.29, 1.82) is 0 Å². The molecule has 1 aromatic rings. The third-order valence-corrected chi connectivity index (χ3v) is 5.49. The molecule has 2 aliphatic rings. The van der Waals surface area contributed by atoms with Crippen LogP contribution in [0.2, 0.25) is 0 Å². The van der Waals surface area contributed by atoms with Gasteiger partial charge >= 0.3 is 0 Å². The van der Waals surface area contributed by atoms with Gasteiger partial charge in [-0.3, -0.25) is 19.7 Å². The number of nitrogens with zero attached hydrogens (tertiary/aromatic N) is 1. The molecule has 2 heterocycles. The average molecular weight is 351 g/mol. The Morgan fingerprint density at radius 3 is 2.71 bits per heavy atom. The predicted octanol–water partition coefficient (Wildman–Crippen LogP) is 0.323. The first kappa shape index (κ1) is 16.6. The lowest BCUT2D eigenvalue weighted by Crippen LogP contribution is -2.49. The second-order valence-corrected chi connectivity index (χ2v) is 7.82. The largest absolute Gasteiger partial charge is 0.324 e. The molecule has 1 aromatic carbocycles. The average Bonchev–Trinajstić information content (AvgIpc) is 2.82. The van der Waals surface area contributed by atoms with Crippen LogP contribution in [0.25, 0.3) is 0 Å². The van der Waals surface area contributed by atoms with Crippen molar-refractivity contribution in [3.8, 4) is 0 Å². The lowest BCUT2D eigenvalue weighted by atomic mass is 10.0. The highest BCUT2D eigenvalue weighted by Crippen LogP contribution is 2.26. The van der Waals surface area contributed by atoms with Crippen LogP contribution in [0.4, 0.5) is 5.69 Å². The summed E-state index contributed by atoms with van der Waals surface area (Å²) in [5.74, 6) is -1.59. The zero-order chi connectivity index (χ0) is 17.5. The number of imide groups is 1. The van der Waals surface area contributed by atoms with Crippen LogP contribution in [0, 0.1) is 0 Å². The van der Waals surface area contributed by atoms with Crippen LogP contribution in [-0.2, 0) is 14.8 Å². The summed E-state index contributed by atoms with van der Waals surface area (Å²) < 4.78 is 24.9. The molecule has 0 spiro atoms. The maximum atomic E-state index is 12.6. The molecule has 8 nitrogen and oxygen atoms in total. The number of amides is 3. The Hall–Kier alpha value is -2.26. The Morgan fingerprint density at radius 2 is 2.00 bits per heavy atom. The summed E-state index contributed by atoms with van der Waals surface area (Å²) in [7, 11) is -3.50. The monoisotopic (exact) mass is 351 g/mol. The zero-order valence-corrected chi connectivity index (χ0v) is 13.9. The van der Waals surface area contributed by atoms with Crippen LogP contribution in [0.15, 0.2) is 18.2 Å². The molecule has 0 aromatic heterocycles. The molecule has 9 heteroatoms. The zero-order valence-electron chi connectivity index (χ0n) is 13.0. The Labute approximate surface area is 139 Å². The van der Waals surface area contributed by atoms with Crippen molar-refractivity contribution in [2.45, 2.75) is 25.3 Å². The van der Waals surface area contributed by atoms with E-state index >= 15 is 0 Å². The Kier molecular flexibility index (Phi) is 4.14. The molecule has 2 N–H and O–H groups in total. The van der Waals surface area contributed by atoms with E-state index < -0.39 is 33.8 Å². The number of benzene rings is 1. The molecule has 24 heavy (non-hydrogen) atoms. The van der Waals surface area contributed by atoms with Crippen LogP contribution in [0.3, 0.4) is 0 Å². The molecule has 0 bridgehead atoms. The lowest BCUT2D eigenvalue weighted by Gasteiger charge is -2.32. The van der Waals surface area contributed by atoms with Gasteiger partial charge in [0, 0.05) is 6.54 Å². The number of rotatable bonds is 3. The standard InChI is InChI=1S/C15H17N3O5S/c1-24(22,23)18-8-3-2-7-11(18)14(20)16-10-6-4-5-9-12(10)15(21)17-13(9)19/h4-6,11H,2-3,7-8H2,1H3,(H,16,20)(H,17,19,21). The van der Waals surface area contributed by atoms with Gasteiger partial charge in [0.2, 0.25) is 15.9 Å². The Bertz CT molecular complexity index is 834. The van der Waals surface area contributed by atoms with E-state index in [1.165, 1.54) is 16.4 Å². The number of anilines is 1. The summed E-state index contributed by atoms with van der Waals surface area (Å²) in [4.78, 5) is 36.1. The van der Waals surface area contributed by atoms with Crippen LogP contribution < -0.4 is 10.6 Å². The quantitative estimate of drug-likeness (QED) is 0.762. The molecule has 3 rings (SSSR count). The molecule has 1 atom stereocenters. The number of sulfonamides is 1. The van der Waals surface area contributed by atoms with Crippen molar-refractivity contribution in [2.75, 3.05) is 18.1 Å². The molecule has 0 aliphatic carbocycles. The molecule has 0 saturated carbocycles. The maximum absolute atomic E-state index is 12.6. The second-order valence-electron chi connectivity index (χ2n) is 5.89. The number of carbonyl (C=O) groups is 3. The van der Waals surface area contributed by atoms with E-state index in [1.807, 2.05) is 0 Å². The number of nitrogens with one attached hydrogen (secondary N) is 2. The summed E-state index contributed by atoms with van der Waals surface area (Å²) in [5, 5.41) is 4.78. The number of piperidine rings is 1. The first-order chi connectivity index (χ1) is 11.3. The highest BCUT2D eigenvalue weighted by Gasteiger charge is 2.36. The molecule has 1 unspecified atom stereocenters. The van der Waals surface area contributed by atoms with E-state index in [2.05, 4.69) is 10.6 Å². The van der Waals surface area contributed by atoms with Gasteiger partial charge in [-0.2, -0.15) is 4.31 Å². The van der Waals surface area contributed by atoms with Gasteiger partial charge in [-0.25, -0.2) is 8.42 Å². The van der Waals surface area contributed by atoms with E-state index in [0.29, 0.717) is 19.4 Å². The smallest absolute Gasteiger partial charge is 0.261 e. The summed E-state index contributed by atoms with van der Waals surface area (Å²) in [6, 6.07) is 3.75. The normalized spacial score (nSPS) is 21.3. The van der Waals surface area contributed by atoms with Gasteiger partial charge in [0.15, 0.2) is 0 Å². The topological polar surface area (TPSA) is 113 Å². The van der Waals surface area contributed by atoms with Crippen molar-refractivity contribution >= 4 is 33.4 Å². The maximum Gasteiger partial charge on any atom is 0.261 e. The minimum Gasteiger partial charge on any atom is -0.324 e.